The molecule has 0 aliphatic heterocycles. The van der Waals surface area contributed by atoms with Crippen molar-refractivity contribution in [1.82, 2.24) is 0 Å². The maximum atomic E-state index is 10.4. The van der Waals surface area contributed by atoms with Crippen LogP contribution < -0.4 is 9.47 Å². The Bertz CT molecular complexity index is 476. The van der Waals surface area contributed by atoms with E-state index in [4.69, 9.17) is 21.1 Å². The summed E-state index contributed by atoms with van der Waals surface area (Å²) in [6, 6.07) is 3.24. The van der Waals surface area contributed by atoms with Gasteiger partial charge in [-0.1, -0.05) is 15.9 Å². The van der Waals surface area contributed by atoms with Crippen LogP contribution in [-0.2, 0) is 0 Å². The minimum atomic E-state index is -0.676. The van der Waals surface area contributed by atoms with Gasteiger partial charge in [-0.25, -0.2) is 0 Å². The zero-order chi connectivity index (χ0) is 13.0. The van der Waals surface area contributed by atoms with Gasteiger partial charge in [0.2, 0.25) is 0 Å². The van der Waals surface area contributed by atoms with Crippen molar-refractivity contribution in [2.45, 2.75) is 0 Å². The second-order valence-electron chi connectivity index (χ2n) is 2.95. The van der Waals surface area contributed by atoms with E-state index in [0.29, 0.717) is 21.5 Å². The number of nitrogens with zero attached hydrogens (tertiary/aromatic N) is 1. The third-order valence-corrected chi connectivity index (χ3v) is 2.89. The molecule has 0 bridgehead atoms. The maximum Gasteiger partial charge on any atom is 0.337 e. The summed E-state index contributed by atoms with van der Waals surface area (Å²) in [6.07, 6.45) is 1.23. The number of benzene rings is 1. The Morgan fingerprint density at radius 2 is 1.94 bits per heavy atom. The van der Waals surface area contributed by atoms with Crippen LogP contribution >= 0.6 is 27.5 Å². The van der Waals surface area contributed by atoms with Crippen molar-refractivity contribution < 1.29 is 14.4 Å². The molecule has 1 aromatic carbocycles. The van der Waals surface area contributed by atoms with Gasteiger partial charge in [0.1, 0.15) is 0 Å². The molecule has 0 spiro atoms. The Balaban J connectivity index is 3.26. The first kappa shape index (κ1) is 13.8. The van der Waals surface area contributed by atoms with Crippen LogP contribution in [0.1, 0.15) is 5.56 Å². The molecular weight excluding hydrogens is 313 g/mol. The van der Waals surface area contributed by atoms with Gasteiger partial charge in [-0.15, -0.1) is 0 Å². The van der Waals surface area contributed by atoms with Crippen molar-refractivity contribution >= 4 is 33.6 Å². The molecule has 0 saturated carbocycles. The third kappa shape index (κ3) is 3.34. The highest BCUT2D eigenvalue weighted by Gasteiger charge is 2.12. The Labute approximate surface area is 111 Å². The molecule has 0 aromatic heterocycles. The van der Waals surface area contributed by atoms with Crippen molar-refractivity contribution in [3.8, 4) is 11.5 Å². The molecule has 0 radical (unpaired) electrons. The van der Waals surface area contributed by atoms with Gasteiger partial charge in [-0.05, 0) is 23.7 Å². The van der Waals surface area contributed by atoms with Crippen LogP contribution in [0.5, 0.6) is 11.5 Å². The van der Waals surface area contributed by atoms with Crippen molar-refractivity contribution in [3.63, 3.8) is 0 Å². The van der Waals surface area contributed by atoms with Crippen molar-refractivity contribution in [2.24, 2.45) is 0 Å². The van der Waals surface area contributed by atoms with Crippen LogP contribution in [0.15, 0.2) is 21.8 Å². The van der Waals surface area contributed by atoms with Crippen LogP contribution in [0.4, 0.5) is 0 Å². The first-order chi connectivity index (χ1) is 7.99. The number of methoxy groups -OCH3 is 2. The number of rotatable bonds is 4. The lowest BCUT2D eigenvalue weighted by Gasteiger charge is -2.09. The van der Waals surface area contributed by atoms with Crippen LogP contribution in [0.3, 0.4) is 0 Å². The van der Waals surface area contributed by atoms with Crippen molar-refractivity contribution in [2.75, 3.05) is 14.2 Å². The summed E-state index contributed by atoms with van der Waals surface area (Å²) in [5.41, 5.74) is 0.532. The second-order valence-corrected chi connectivity index (χ2v) is 4.19. The van der Waals surface area contributed by atoms with Crippen LogP contribution in [0.25, 0.3) is 6.08 Å². The third-order valence-electron chi connectivity index (χ3n) is 1.95. The van der Waals surface area contributed by atoms with E-state index in [1.807, 2.05) is 0 Å². The van der Waals surface area contributed by atoms with Crippen LogP contribution in [0, 0.1) is 10.1 Å². The predicted octanol–water partition coefficient (Wildman–Crippen LogP) is 3.28. The van der Waals surface area contributed by atoms with E-state index in [0.717, 1.165) is 0 Å². The van der Waals surface area contributed by atoms with Gasteiger partial charge >= 0.3 is 5.16 Å². The zero-order valence-electron chi connectivity index (χ0n) is 9.07. The average Bonchev–Trinajstić information content (AvgIpc) is 2.30. The highest BCUT2D eigenvalue weighted by atomic mass is 79.9. The topological polar surface area (TPSA) is 61.6 Å². The fourth-order valence-corrected chi connectivity index (χ4v) is 1.72. The Morgan fingerprint density at radius 3 is 2.41 bits per heavy atom. The molecule has 92 valence electrons. The molecule has 0 aliphatic carbocycles. The van der Waals surface area contributed by atoms with Crippen LogP contribution in [0.2, 0.25) is 0 Å². The molecule has 0 aliphatic rings. The van der Waals surface area contributed by atoms with E-state index in [9.17, 15) is 10.1 Å². The number of nitro groups is 1. The quantitative estimate of drug-likeness (QED) is 0.485. The highest BCUT2D eigenvalue weighted by Crippen LogP contribution is 2.34. The summed E-state index contributed by atoms with van der Waals surface area (Å²) < 4.78 is 10.8. The molecule has 17 heavy (non-hydrogen) atoms. The van der Waals surface area contributed by atoms with E-state index in [1.165, 1.54) is 20.3 Å². The largest absolute Gasteiger partial charge is 0.493 e. The van der Waals surface area contributed by atoms with E-state index in [1.54, 1.807) is 12.1 Å². The summed E-state index contributed by atoms with van der Waals surface area (Å²) in [4.78, 5) is 9.75. The van der Waals surface area contributed by atoms with Crippen molar-refractivity contribution in [3.05, 3.63) is 37.4 Å². The van der Waals surface area contributed by atoms with Gasteiger partial charge in [0, 0.05) is 16.1 Å². The summed E-state index contributed by atoms with van der Waals surface area (Å²) in [6.45, 7) is 0. The molecule has 0 atom stereocenters. The Morgan fingerprint density at radius 1 is 1.41 bits per heavy atom. The molecule has 5 nitrogen and oxygen atoms in total. The number of hydrogen-bond donors (Lipinski definition) is 0. The summed E-state index contributed by atoms with van der Waals surface area (Å²) >= 11 is 8.73. The number of hydrogen-bond acceptors (Lipinski definition) is 4. The Hall–Kier alpha value is -1.27. The monoisotopic (exact) mass is 321 g/mol. The summed E-state index contributed by atoms with van der Waals surface area (Å²) in [7, 11) is 2.98. The van der Waals surface area contributed by atoms with Gasteiger partial charge in [-0.3, -0.25) is 10.1 Å². The first-order valence-corrected chi connectivity index (χ1v) is 5.59. The summed E-state index contributed by atoms with van der Waals surface area (Å²) in [5.74, 6) is 0.989. The van der Waals surface area contributed by atoms with Gasteiger partial charge in [0.05, 0.1) is 19.1 Å². The van der Waals surface area contributed by atoms with E-state index in [-0.39, 0.29) is 0 Å². The molecule has 7 heteroatoms. The second kappa shape index (κ2) is 5.88. The number of halogens is 2. The van der Waals surface area contributed by atoms with Gasteiger partial charge < -0.3 is 9.47 Å². The maximum absolute atomic E-state index is 10.4. The fraction of sp³-hybridized carbons (Fsp3) is 0.200. The smallest absolute Gasteiger partial charge is 0.337 e. The molecular formula is C10H9BrClNO4. The molecule has 0 unspecified atom stereocenters. The van der Waals surface area contributed by atoms with Crippen LogP contribution in [-0.4, -0.2) is 19.1 Å². The zero-order valence-corrected chi connectivity index (χ0v) is 11.4. The Kier molecular flexibility index (Phi) is 4.77. The van der Waals surface area contributed by atoms with Gasteiger partial charge in [0.25, 0.3) is 0 Å². The minimum absolute atomic E-state index is 0.467. The molecule has 0 fully saturated rings. The molecule has 0 saturated heterocycles. The lowest BCUT2D eigenvalue weighted by Crippen LogP contribution is -1.94. The fourth-order valence-electron chi connectivity index (χ4n) is 1.16. The lowest BCUT2D eigenvalue weighted by molar-refractivity contribution is -0.410. The minimum Gasteiger partial charge on any atom is -0.493 e. The average molecular weight is 323 g/mol. The molecule has 0 amide bonds. The van der Waals surface area contributed by atoms with Crippen molar-refractivity contribution in [1.29, 1.82) is 0 Å². The summed E-state index contributed by atoms with van der Waals surface area (Å²) in [5, 5.41) is 9.95. The molecule has 0 N–H and O–H groups in total. The standard InChI is InChI=1S/C10H9BrClNO4/c1-16-8-3-6(4-10(12)13(14)15)7(11)5-9(8)17-2/h3-5H,1-2H3/b10-4+. The molecule has 0 heterocycles. The van der Waals surface area contributed by atoms with Gasteiger partial charge in [-0.2, -0.15) is 0 Å². The predicted molar refractivity (Wildman–Crippen MR) is 68.1 cm³/mol. The van der Waals surface area contributed by atoms with E-state index >= 15 is 0 Å². The van der Waals surface area contributed by atoms with Gasteiger partial charge in [0.15, 0.2) is 11.5 Å². The van der Waals surface area contributed by atoms with E-state index in [2.05, 4.69) is 15.9 Å². The normalized spacial score (nSPS) is 11.2. The number of ether oxygens (including phenoxy) is 2. The SMILES string of the molecule is COc1cc(Br)c(/C=C(\Cl)[N+](=O)[O-])cc1OC. The van der Waals surface area contributed by atoms with E-state index < -0.39 is 10.1 Å². The first-order valence-electron chi connectivity index (χ1n) is 4.42. The molecule has 1 rings (SSSR count). The lowest BCUT2D eigenvalue weighted by atomic mass is 10.2. The molecule has 1 aromatic rings. The highest BCUT2D eigenvalue weighted by molar-refractivity contribution is 9.10.